The summed E-state index contributed by atoms with van der Waals surface area (Å²) in [5.74, 6) is -0.826. The van der Waals surface area contributed by atoms with E-state index in [4.69, 9.17) is 0 Å². The summed E-state index contributed by atoms with van der Waals surface area (Å²) in [6.45, 7) is 0.529. The molecule has 1 aromatic carbocycles. The summed E-state index contributed by atoms with van der Waals surface area (Å²) < 4.78 is 40.9. The highest BCUT2D eigenvalue weighted by Gasteiger charge is 2.33. The smallest absolute Gasteiger partial charge is 0.262 e. The van der Waals surface area contributed by atoms with Crippen molar-refractivity contribution in [1.82, 2.24) is 13.9 Å². The molecule has 1 fully saturated rings. The predicted octanol–water partition coefficient (Wildman–Crippen LogP) is 1.60. The van der Waals surface area contributed by atoms with Crippen molar-refractivity contribution in [1.29, 1.82) is 0 Å². The van der Waals surface area contributed by atoms with Gasteiger partial charge in [0.1, 0.15) is 5.82 Å². The molecule has 9 heteroatoms. The third kappa shape index (κ3) is 3.88. The number of rotatable bonds is 4. The van der Waals surface area contributed by atoms with Gasteiger partial charge in [0.25, 0.3) is 10.0 Å². The molecule has 1 aliphatic rings. The van der Waals surface area contributed by atoms with Crippen LogP contribution in [0.2, 0.25) is 0 Å². The van der Waals surface area contributed by atoms with Gasteiger partial charge in [0.2, 0.25) is 5.91 Å². The zero-order valence-electron chi connectivity index (χ0n) is 13.7. The number of hydrogen-bond acceptors (Lipinski definition) is 4. The van der Waals surface area contributed by atoms with E-state index in [1.807, 2.05) is 0 Å². The lowest BCUT2D eigenvalue weighted by Crippen LogP contribution is -2.41. The Morgan fingerprint density at radius 1 is 1.24 bits per heavy atom. The minimum atomic E-state index is -3.63. The Morgan fingerprint density at radius 3 is 2.44 bits per heavy atom. The molecular weight excluding hydrogens is 347 g/mol. The monoisotopic (exact) mass is 366 g/mol. The summed E-state index contributed by atoms with van der Waals surface area (Å²) in [5, 5.41) is 2.76. The van der Waals surface area contributed by atoms with E-state index in [-0.39, 0.29) is 35.8 Å². The van der Waals surface area contributed by atoms with E-state index in [0.29, 0.717) is 18.5 Å². The molecule has 1 aromatic heterocycles. The molecule has 0 bridgehead atoms. The Morgan fingerprint density at radius 2 is 1.88 bits per heavy atom. The van der Waals surface area contributed by atoms with Crippen LogP contribution in [0.25, 0.3) is 0 Å². The van der Waals surface area contributed by atoms with E-state index >= 15 is 0 Å². The topological polar surface area (TPSA) is 84.3 Å². The number of aromatic nitrogens is 2. The van der Waals surface area contributed by atoms with Gasteiger partial charge in [0.05, 0.1) is 6.33 Å². The highest BCUT2D eigenvalue weighted by molar-refractivity contribution is 7.89. The molecule has 134 valence electrons. The summed E-state index contributed by atoms with van der Waals surface area (Å²) in [7, 11) is -1.92. The van der Waals surface area contributed by atoms with Crippen LogP contribution in [0.4, 0.5) is 10.1 Å². The molecule has 1 saturated heterocycles. The third-order valence-electron chi connectivity index (χ3n) is 4.22. The number of amides is 1. The van der Waals surface area contributed by atoms with E-state index in [2.05, 4.69) is 10.3 Å². The van der Waals surface area contributed by atoms with Crippen molar-refractivity contribution in [2.24, 2.45) is 13.0 Å². The summed E-state index contributed by atoms with van der Waals surface area (Å²) in [5.41, 5.74) is 0.523. The molecule has 0 spiro atoms. The van der Waals surface area contributed by atoms with Crippen molar-refractivity contribution in [2.45, 2.75) is 17.9 Å². The first-order valence-corrected chi connectivity index (χ1v) is 9.35. The number of imidazole rings is 1. The van der Waals surface area contributed by atoms with Crippen LogP contribution < -0.4 is 5.32 Å². The lowest BCUT2D eigenvalue weighted by molar-refractivity contribution is -0.120. The molecule has 7 nitrogen and oxygen atoms in total. The Hall–Kier alpha value is -2.26. The average Bonchev–Trinajstić information content (AvgIpc) is 3.04. The largest absolute Gasteiger partial charge is 0.339 e. The van der Waals surface area contributed by atoms with Crippen LogP contribution in [-0.4, -0.2) is 41.3 Å². The number of hydrogen-bond donors (Lipinski definition) is 1. The summed E-state index contributed by atoms with van der Waals surface area (Å²) in [6.07, 6.45) is 3.76. The lowest BCUT2D eigenvalue weighted by atomic mass is 9.97. The van der Waals surface area contributed by atoms with Crippen LogP contribution in [0.3, 0.4) is 0 Å². The van der Waals surface area contributed by atoms with E-state index in [0.717, 1.165) is 0 Å². The fraction of sp³-hybridized carbons (Fsp3) is 0.375. The molecule has 1 N–H and O–H groups in total. The molecule has 0 saturated carbocycles. The highest BCUT2D eigenvalue weighted by atomic mass is 32.2. The van der Waals surface area contributed by atoms with Crippen molar-refractivity contribution < 1.29 is 17.6 Å². The first kappa shape index (κ1) is 17.6. The van der Waals surface area contributed by atoms with Crippen molar-refractivity contribution in [2.75, 3.05) is 18.4 Å². The van der Waals surface area contributed by atoms with Crippen LogP contribution in [0.1, 0.15) is 12.8 Å². The Bertz CT molecular complexity index is 856. The second-order valence-electron chi connectivity index (χ2n) is 6.05. The van der Waals surface area contributed by atoms with Gasteiger partial charge < -0.3 is 9.88 Å². The highest BCUT2D eigenvalue weighted by Crippen LogP contribution is 2.24. The second-order valence-corrected chi connectivity index (χ2v) is 7.94. The number of halogens is 1. The molecule has 1 aliphatic heterocycles. The molecule has 0 unspecified atom stereocenters. The van der Waals surface area contributed by atoms with Crippen molar-refractivity contribution in [3.8, 4) is 0 Å². The number of sulfonamides is 1. The maximum absolute atomic E-state index is 12.9. The molecule has 3 rings (SSSR count). The Labute approximate surface area is 145 Å². The van der Waals surface area contributed by atoms with Crippen LogP contribution in [-0.2, 0) is 21.9 Å². The first-order valence-electron chi connectivity index (χ1n) is 7.91. The summed E-state index contributed by atoms with van der Waals surface area (Å²) in [6, 6.07) is 5.54. The van der Waals surface area contributed by atoms with Gasteiger partial charge in [0, 0.05) is 37.9 Å². The van der Waals surface area contributed by atoms with Crippen LogP contribution >= 0.6 is 0 Å². The van der Waals surface area contributed by atoms with Crippen LogP contribution in [0.15, 0.2) is 41.8 Å². The van der Waals surface area contributed by atoms with Crippen LogP contribution in [0, 0.1) is 11.7 Å². The predicted molar refractivity (Wildman–Crippen MR) is 89.7 cm³/mol. The zero-order valence-corrected chi connectivity index (χ0v) is 14.5. The Kier molecular flexibility index (Phi) is 4.87. The number of benzene rings is 1. The van der Waals surface area contributed by atoms with Crippen LogP contribution in [0.5, 0.6) is 0 Å². The number of piperidine rings is 1. The molecule has 1 amide bonds. The molecule has 25 heavy (non-hydrogen) atoms. The van der Waals surface area contributed by atoms with Gasteiger partial charge in [0.15, 0.2) is 5.03 Å². The van der Waals surface area contributed by atoms with E-state index in [1.54, 1.807) is 11.6 Å². The van der Waals surface area contributed by atoms with Gasteiger partial charge in [-0.15, -0.1) is 0 Å². The number of nitrogens with one attached hydrogen (secondary N) is 1. The maximum atomic E-state index is 12.9. The SMILES string of the molecule is Cn1cnc(S(=O)(=O)N2CCC(C(=O)Nc3ccc(F)cc3)CC2)c1. The fourth-order valence-electron chi connectivity index (χ4n) is 2.79. The molecule has 0 radical (unpaired) electrons. The van der Waals surface area contributed by atoms with Gasteiger partial charge in [-0.3, -0.25) is 4.79 Å². The molecule has 2 heterocycles. The van der Waals surface area contributed by atoms with Crippen molar-refractivity contribution >= 4 is 21.6 Å². The van der Waals surface area contributed by atoms with Gasteiger partial charge >= 0.3 is 0 Å². The van der Waals surface area contributed by atoms with Gasteiger partial charge in [-0.1, -0.05) is 0 Å². The van der Waals surface area contributed by atoms with Gasteiger partial charge in [-0.2, -0.15) is 4.31 Å². The number of aryl methyl sites for hydroxylation is 1. The van der Waals surface area contributed by atoms with Gasteiger partial charge in [-0.05, 0) is 37.1 Å². The molecule has 0 atom stereocenters. The Balaban J connectivity index is 1.59. The number of carbonyl (C=O) groups excluding carboxylic acids is 1. The lowest BCUT2D eigenvalue weighted by Gasteiger charge is -2.29. The van der Waals surface area contributed by atoms with E-state index in [1.165, 1.54) is 41.1 Å². The summed E-state index contributed by atoms with van der Waals surface area (Å²) >= 11 is 0. The number of carbonyl (C=O) groups is 1. The standard InChI is InChI=1S/C16H19FN4O3S/c1-20-10-15(18-11-20)25(23,24)21-8-6-12(7-9-21)16(22)19-14-4-2-13(17)3-5-14/h2-5,10-12H,6-9H2,1H3,(H,19,22). The van der Waals surface area contributed by atoms with Crippen molar-refractivity contribution in [3.63, 3.8) is 0 Å². The quantitative estimate of drug-likeness (QED) is 0.891. The normalized spacial score (nSPS) is 16.7. The maximum Gasteiger partial charge on any atom is 0.262 e. The minimum Gasteiger partial charge on any atom is -0.339 e. The van der Waals surface area contributed by atoms with E-state index < -0.39 is 10.0 Å². The van der Waals surface area contributed by atoms with E-state index in [9.17, 15) is 17.6 Å². The number of anilines is 1. The summed E-state index contributed by atoms with van der Waals surface area (Å²) in [4.78, 5) is 16.2. The molecular formula is C16H19FN4O3S. The first-order chi connectivity index (χ1) is 11.9. The van der Waals surface area contributed by atoms with Gasteiger partial charge in [-0.25, -0.2) is 17.8 Å². The molecule has 2 aromatic rings. The number of nitrogens with zero attached hydrogens (tertiary/aromatic N) is 3. The second kappa shape index (κ2) is 6.93. The molecule has 0 aliphatic carbocycles. The zero-order chi connectivity index (χ0) is 18.0. The van der Waals surface area contributed by atoms with Crippen molar-refractivity contribution in [3.05, 3.63) is 42.6 Å². The fourth-order valence-corrected chi connectivity index (χ4v) is 4.23. The minimum absolute atomic E-state index is 0.0178. The average molecular weight is 366 g/mol. The third-order valence-corrected chi connectivity index (χ3v) is 6.01.